The number of nitriles is 1. The average molecular weight is 158 g/mol. The fourth-order valence-corrected chi connectivity index (χ4v) is 1.19. The highest BCUT2D eigenvalue weighted by atomic mass is 32.1. The minimum atomic E-state index is 1.25. The van der Waals surface area contributed by atoms with Crippen LogP contribution in [-0.2, 0) is 12.6 Å². The van der Waals surface area contributed by atoms with Crippen molar-refractivity contribution < 1.29 is 4.48 Å². The predicted molar refractivity (Wildman–Crippen MR) is 44.1 cm³/mol. The Balaban J connectivity index is 0.000000236. The topological polar surface area (TPSA) is 23.8 Å². The SMILES string of the molecule is C[N+]1(C)CCCC1.N#C[S-]. The van der Waals surface area contributed by atoms with Gasteiger partial charge in [0.15, 0.2) is 0 Å². The maximum atomic E-state index is 7.13. The van der Waals surface area contributed by atoms with Gasteiger partial charge in [-0.3, -0.25) is 0 Å². The molecule has 10 heavy (non-hydrogen) atoms. The van der Waals surface area contributed by atoms with Gasteiger partial charge in [-0.2, -0.15) is 0 Å². The van der Waals surface area contributed by atoms with E-state index in [2.05, 4.69) is 26.7 Å². The number of quaternary nitrogens is 1. The van der Waals surface area contributed by atoms with Crippen LogP contribution >= 0.6 is 0 Å². The third-order valence-electron chi connectivity index (χ3n) is 1.78. The number of rotatable bonds is 0. The molecule has 0 aromatic carbocycles. The highest BCUT2D eigenvalue weighted by molar-refractivity contribution is 7.64. The van der Waals surface area contributed by atoms with Gasteiger partial charge in [-0.25, -0.2) is 5.26 Å². The van der Waals surface area contributed by atoms with Crippen LogP contribution < -0.4 is 0 Å². The van der Waals surface area contributed by atoms with Crippen molar-refractivity contribution in [1.82, 2.24) is 0 Å². The Morgan fingerprint density at radius 3 is 1.70 bits per heavy atom. The molecular weight excluding hydrogens is 144 g/mol. The normalized spacial score (nSPS) is 20.5. The van der Waals surface area contributed by atoms with E-state index in [1.807, 2.05) is 0 Å². The third-order valence-corrected chi connectivity index (χ3v) is 1.78. The second kappa shape index (κ2) is 4.48. The molecule has 1 fully saturated rings. The summed E-state index contributed by atoms with van der Waals surface area (Å²) >= 11 is 3.70. The summed E-state index contributed by atoms with van der Waals surface area (Å²) in [5, 5.41) is 8.47. The van der Waals surface area contributed by atoms with Gasteiger partial charge in [-0.05, 0) is 0 Å². The van der Waals surface area contributed by atoms with Gasteiger partial charge < -0.3 is 17.1 Å². The summed E-state index contributed by atoms with van der Waals surface area (Å²) in [5.41, 5.74) is 0. The summed E-state index contributed by atoms with van der Waals surface area (Å²) in [5.74, 6) is 0. The highest BCUT2D eigenvalue weighted by Crippen LogP contribution is 2.11. The summed E-state index contributed by atoms with van der Waals surface area (Å²) in [7, 11) is 4.60. The molecule has 0 saturated carbocycles. The maximum Gasteiger partial charge on any atom is 0.0784 e. The number of hydrogen-bond donors (Lipinski definition) is 0. The van der Waals surface area contributed by atoms with Crippen molar-refractivity contribution in [2.75, 3.05) is 27.2 Å². The molecule has 58 valence electrons. The second-order valence-electron chi connectivity index (χ2n) is 3.18. The molecule has 0 amide bonds. The van der Waals surface area contributed by atoms with E-state index in [1.165, 1.54) is 35.8 Å². The summed E-state index contributed by atoms with van der Waals surface area (Å²) in [4.78, 5) is 0. The van der Waals surface area contributed by atoms with Crippen molar-refractivity contribution in [2.24, 2.45) is 0 Å². The van der Waals surface area contributed by atoms with Crippen molar-refractivity contribution in [2.45, 2.75) is 12.8 Å². The first-order valence-electron chi connectivity index (χ1n) is 3.45. The van der Waals surface area contributed by atoms with Crippen LogP contribution in [0.3, 0.4) is 0 Å². The molecule has 0 bridgehead atoms. The number of hydrogen-bond acceptors (Lipinski definition) is 2. The quantitative estimate of drug-likeness (QED) is 0.297. The zero-order valence-electron chi connectivity index (χ0n) is 6.63. The van der Waals surface area contributed by atoms with Crippen molar-refractivity contribution >= 4 is 12.6 Å². The zero-order valence-corrected chi connectivity index (χ0v) is 7.45. The molecule has 1 heterocycles. The number of nitrogens with zero attached hydrogens (tertiary/aromatic N) is 2. The molecule has 0 unspecified atom stereocenters. The Hall–Kier alpha value is -0.330. The molecule has 0 atom stereocenters. The Morgan fingerprint density at radius 2 is 1.60 bits per heavy atom. The van der Waals surface area contributed by atoms with E-state index in [4.69, 9.17) is 5.26 Å². The second-order valence-corrected chi connectivity index (χ2v) is 3.36. The Morgan fingerprint density at radius 1 is 1.30 bits per heavy atom. The lowest BCUT2D eigenvalue weighted by Crippen LogP contribution is -2.35. The lowest BCUT2D eigenvalue weighted by atomic mass is 10.4. The zero-order chi connectivity index (χ0) is 8.04. The van der Waals surface area contributed by atoms with E-state index in [1.54, 1.807) is 0 Å². The van der Waals surface area contributed by atoms with E-state index in [0.29, 0.717) is 0 Å². The van der Waals surface area contributed by atoms with Gasteiger partial charge in [0.05, 0.1) is 27.2 Å². The van der Waals surface area contributed by atoms with Crippen LogP contribution in [-0.4, -0.2) is 31.7 Å². The van der Waals surface area contributed by atoms with Crippen molar-refractivity contribution in [1.29, 1.82) is 5.26 Å². The van der Waals surface area contributed by atoms with Gasteiger partial charge in [-0.15, -0.1) is 0 Å². The molecule has 0 N–H and O–H groups in total. The first-order valence-corrected chi connectivity index (χ1v) is 3.86. The van der Waals surface area contributed by atoms with Gasteiger partial charge in [0, 0.05) is 12.8 Å². The lowest BCUT2D eigenvalue weighted by molar-refractivity contribution is -0.877. The van der Waals surface area contributed by atoms with Crippen LogP contribution in [0.15, 0.2) is 0 Å². The fourth-order valence-electron chi connectivity index (χ4n) is 1.19. The van der Waals surface area contributed by atoms with E-state index in [9.17, 15) is 0 Å². The van der Waals surface area contributed by atoms with Crippen LogP contribution in [0.2, 0.25) is 0 Å². The minimum Gasteiger partial charge on any atom is -0.696 e. The average Bonchev–Trinajstić information content (AvgIpc) is 2.16. The maximum absolute atomic E-state index is 7.13. The monoisotopic (exact) mass is 158 g/mol. The first-order chi connectivity index (χ1) is 4.62. The number of likely N-dealkylation sites (tertiary alicyclic amines) is 1. The molecule has 1 saturated heterocycles. The van der Waals surface area contributed by atoms with Crippen molar-refractivity contribution in [3.8, 4) is 5.40 Å². The Bertz CT molecular complexity index is 118. The lowest BCUT2D eigenvalue weighted by Gasteiger charge is -2.21. The van der Waals surface area contributed by atoms with Crippen LogP contribution in [0.4, 0.5) is 0 Å². The van der Waals surface area contributed by atoms with Gasteiger partial charge in [0.25, 0.3) is 0 Å². The smallest absolute Gasteiger partial charge is 0.0784 e. The number of thiocyanates is 1. The first kappa shape index (κ1) is 9.67. The molecule has 2 nitrogen and oxygen atoms in total. The molecule has 1 aliphatic rings. The van der Waals surface area contributed by atoms with Gasteiger partial charge >= 0.3 is 0 Å². The molecule has 0 aliphatic carbocycles. The Labute approximate surface area is 68.4 Å². The largest absolute Gasteiger partial charge is 0.696 e. The molecule has 0 aromatic heterocycles. The Kier molecular flexibility index (Phi) is 4.33. The minimum absolute atomic E-state index is 1.25. The van der Waals surface area contributed by atoms with E-state index in [-0.39, 0.29) is 0 Å². The van der Waals surface area contributed by atoms with Gasteiger partial charge in [0.2, 0.25) is 0 Å². The highest BCUT2D eigenvalue weighted by Gasteiger charge is 2.19. The van der Waals surface area contributed by atoms with Crippen LogP contribution in [0.5, 0.6) is 0 Å². The summed E-state index contributed by atoms with van der Waals surface area (Å²) in [6.45, 7) is 2.78. The van der Waals surface area contributed by atoms with Crippen LogP contribution in [0.1, 0.15) is 12.8 Å². The van der Waals surface area contributed by atoms with Crippen LogP contribution in [0.25, 0.3) is 0 Å². The molecular formula is C7H14N2S. The summed E-state index contributed by atoms with van der Waals surface area (Å²) < 4.78 is 1.25. The molecule has 1 rings (SSSR count). The van der Waals surface area contributed by atoms with E-state index < -0.39 is 0 Å². The summed E-state index contributed by atoms with van der Waals surface area (Å²) in [6.07, 6.45) is 2.88. The van der Waals surface area contributed by atoms with Gasteiger partial charge in [0.1, 0.15) is 0 Å². The molecule has 1 aliphatic heterocycles. The molecule has 3 heteroatoms. The standard InChI is InChI=1S/C6H14N.CHNS/c1-7(2)5-3-4-6-7;2-1-3/h3-6H2,1-2H3;3H/q+1;/p-1. The molecule has 0 spiro atoms. The fraction of sp³-hybridized carbons (Fsp3) is 0.857. The van der Waals surface area contributed by atoms with Crippen molar-refractivity contribution in [3.63, 3.8) is 0 Å². The molecule has 0 radical (unpaired) electrons. The van der Waals surface area contributed by atoms with Gasteiger partial charge in [-0.1, -0.05) is 5.40 Å². The van der Waals surface area contributed by atoms with E-state index in [0.717, 1.165) is 0 Å². The molecule has 0 aromatic rings. The van der Waals surface area contributed by atoms with Crippen LogP contribution in [0, 0.1) is 10.7 Å². The summed E-state index contributed by atoms with van der Waals surface area (Å²) in [6, 6.07) is 0. The van der Waals surface area contributed by atoms with Crippen molar-refractivity contribution in [3.05, 3.63) is 0 Å². The third kappa shape index (κ3) is 4.54. The van der Waals surface area contributed by atoms with E-state index >= 15 is 0 Å². The predicted octanol–water partition coefficient (Wildman–Crippen LogP) is 0.871.